The molecule has 0 amide bonds. The van der Waals surface area contributed by atoms with Crippen LogP contribution < -0.4 is 4.90 Å². The molecule has 2 aliphatic rings. The lowest BCUT2D eigenvalue weighted by atomic mass is 10.2. The minimum Gasteiger partial charge on any atom is -0.354 e. The van der Waals surface area contributed by atoms with Crippen LogP contribution in [0.5, 0.6) is 0 Å². The molecule has 3 heterocycles. The smallest absolute Gasteiger partial charge is 0.240 e. The van der Waals surface area contributed by atoms with Crippen molar-refractivity contribution < 1.29 is 4.52 Å². The highest BCUT2D eigenvalue weighted by Crippen LogP contribution is 2.39. The fourth-order valence-corrected chi connectivity index (χ4v) is 3.34. The molecule has 0 spiro atoms. The van der Waals surface area contributed by atoms with Gasteiger partial charge in [0.2, 0.25) is 5.89 Å². The zero-order valence-electron chi connectivity index (χ0n) is 16.2. The van der Waals surface area contributed by atoms with Crippen LogP contribution in [0.15, 0.2) is 4.52 Å². The Morgan fingerprint density at radius 1 is 1.04 bits per heavy atom. The first-order chi connectivity index (χ1) is 12.5. The van der Waals surface area contributed by atoms with Crippen LogP contribution in [-0.4, -0.2) is 51.2 Å². The molecule has 2 fully saturated rings. The first kappa shape index (κ1) is 17.4. The van der Waals surface area contributed by atoms with Gasteiger partial charge in [0.25, 0.3) is 0 Å². The van der Waals surface area contributed by atoms with Crippen LogP contribution in [0.25, 0.3) is 0 Å². The van der Waals surface area contributed by atoms with E-state index in [0.29, 0.717) is 17.7 Å². The van der Waals surface area contributed by atoms with E-state index in [-0.39, 0.29) is 0 Å². The minimum atomic E-state index is 0.300. The van der Waals surface area contributed by atoms with Crippen LogP contribution >= 0.6 is 0 Å². The predicted octanol–water partition coefficient (Wildman–Crippen LogP) is 2.80. The van der Waals surface area contributed by atoms with Crippen molar-refractivity contribution in [3.63, 3.8) is 0 Å². The van der Waals surface area contributed by atoms with E-state index in [1.54, 1.807) is 0 Å². The quantitative estimate of drug-likeness (QED) is 0.816. The van der Waals surface area contributed by atoms with Crippen LogP contribution in [0.2, 0.25) is 0 Å². The van der Waals surface area contributed by atoms with Crippen molar-refractivity contribution in [2.75, 3.05) is 31.1 Å². The summed E-state index contributed by atoms with van der Waals surface area (Å²) in [6, 6.07) is 0. The van der Waals surface area contributed by atoms with E-state index in [1.807, 2.05) is 0 Å². The van der Waals surface area contributed by atoms with Crippen molar-refractivity contribution in [3.8, 4) is 0 Å². The topological polar surface area (TPSA) is 71.2 Å². The van der Waals surface area contributed by atoms with E-state index in [9.17, 15) is 0 Å². The second-order valence-electron chi connectivity index (χ2n) is 7.85. The standard InChI is InChI=1S/C19H28N6O/c1-12(2)17-21-16(26-23-17)11-24-7-9-25(10-8-24)19-13(3)14(4)20-18(22-19)15-5-6-15/h12,15H,5-11H2,1-4H3. The maximum Gasteiger partial charge on any atom is 0.240 e. The molecule has 2 aromatic rings. The van der Waals surface area contributed by atoms with E-state index < -0.39 is 0 Å². The number of piperazine rings is 1. The molecule has 0 unspecified atom stereocenters. The molecule has 0 bridgehead atoms. The number of aryl methyl sites for hydroxylation is 1. The Hall–Kier alpha value is -2.02. The van der Waals surface area contributed by atoms with Crippen LogP contribution in [0, 0.1) is 13.8 Å². The molecule has 0 N–H and O–H groups in total. The lowest BCUT2D eigenvalue weighted by Crippen LogP contribution is -2.46. The van der Waals surface area contributed by atoms with Crippen molar-refractivity contribution in [1.29, 1.82) is 0 Å². The van der Waals surface area contributed by atoms with Crippen LogP contribution in [0.3, 0.4) is 0 Å². The second kappa shape index (κ2) is 6.95. The van der Waals surface area contributed by atoms with Gasteiger partial charge in [-0.3, -0.25) is 4.90 Å². The van der Waals surface area contributed by atoms with Gasteiger partial charge in [-0.15, -0.1) is 0 Å². The van der Waals surface area contributed by atoms with Crippen LogP contribution in [0.1, 0.15) is 67.3 Å². The molecule has 0 aromatic carbocycles. The summed E-state index contributed by atoms with van der Waals surface area (Å²) < 4.78 is 5.39. The lowest BCUT2D eigenvalue weighted by molar-refractivity contribution is 0.214. The van der Waals surface area contributed by atoms with E-state index in [1.165, 1.54) is 18.4 Å². The van der Waals surface area contributed by atoms with E-state index in [0.717, 1.165) is 55.9 Å². The summed E-state index contributed by atoms with van der Waals surface area (Å²) in [5, 5.41) is 4.06. The highest BCUT2D eigenvalue weighted by Gasteiger charge is 2.29. The van der Waals surface area contributed by atoms with Gasteiger partial charge in [0.1, 0.15) is 11.6 Å². The van der Waals surface area contributed by atoms with Gasteiger partial charge in [0.05, 0.1) is 6.54 Å². The summed E-state index contributed by atoms with van der Waals surface area (Å²) in [5.41, 5.74) is 2.33. The summed E-state index contributed by atoms with van der Waals surface area (Å²) in [6.07, 6.45) is 2.47. The van der Waals surface area contributed by atoms with Crippen molar-refractivity contribution in [3.05, 3.63) is 28.8 Å². The Morgan fingerprint density at radius 3 is 2.38 bits per heavy atom. The molecule has 1 saturated carbocycles. The number of rotatable bonds is 5. The number of aromatic nitrogens is 4. The Kier molecular flexibility index (Phi) is 4.65. The van der Waals surface area contributed by atoms with Gasteiger partial charge in [0.15, 0.2) is 5.82 Å². The molecular weight excluding hydrogens is 328 g/mol. The van der Waals surface area contributed by atoms with E-state index in [2.05, 4.69) is 47.6 Å². The van der Waals surface area contributed by atoms with Crippen LogP contribution in [-0.2, 0) is 6.54 Å². The van der Waals surface area contributed by atoms with E-state index in [4.69, 9.17) is 14.5 Å². The van der Waals surface area contributed by atoms with Gasteiger partial charge < -0.3 is 9.42 Å². The Balaban J connectivity index is 1.40. The van der Waals surface area contributed by atoms with Crippen molar-refractivity contribution in [2.45, 2.75) is 58.9 Å². The zero-order valence-corrected chi connectivity index (χ0v) is 16.2. The maximum absolute atomic E-state index is 5.39. The molecule has 0 atom stereocenters. The molecule has 140 valence electrons. The Morgan fingerprint density at radius 2 is 1.77 bits per heavy atom. The first-order valence-electron chi connectivity index (χ1n) is 9.66. The minimum absolute atomic E-state index is 0.300. The molecule has 1 aliphatic carbocycles. The number of nitrogens with zero attached hydrogens (tertiary/aromatic N) is 6. The summed E-state index contributed by atoms with van der Waals surface area (Å²) in [6.45, 7) is 13.0. The zero-order chi connectivity index (χ0) is 18.3. The SMILES string of the molecule is Cc1nc(C2CC2)nc(N2CCN(Cc3nc(C(C)C)no3)CC2)c1C. The molecule has 26 heavy (non-hydrogen) atoms. The average molecular weight is 356 g/mol. The molecule has 4 rings (SSSR count). The fraction of sp³-hybridized carbons (Fsp3) is 0.684. The number of hydrogen-bond donors (Lipinski definition) is 0. The maximum atomic E-state index is 5.39. The van der Waals surface area contributed by atoms with E-state index >= 15 is 0 Å². The predicted molar refractivity (Wildman–Crippen MR) is 99.4 cm³/mol. The first-order valence-corrected chi connectivity index (χ1v) is 9.66. The molecule has 0 radical (unpaired) electrons. The van der Waals surface area contributed by atoms with Gasteiger partial charge in [-0.2, -0.15) is 4.98 Å². The average Bonchev–Trinajstić information content (AvgIpc) is 3.37. The summed E-state index contributed by atoms with van der Waals surface area (Å²) >= 11 is 0. The highest BCUT2D eigenvalue weighted by atomic mass is 16.5. The van der Waals surface area contributed by atoms with Gasteiger partial charge in [-0.05, 0) is 26.7 Å². The van der Waals surface area contributed by atoms with Gasteiger partial charge >= 0.3 is 0 Å². The third kappa shape index (κ3) is 3.58. The molecular formula is C19H28N6O. The third-order valence-electron chi connectivity index (χ3n) is 5.35. The summed E-state index contributed by atoms with van der Waals surface area (Å²) in [4.78, 5) is 18.9. The lowest BCUT2D eigenvalue weighted by Gasteiger charge is -2.35. The number of hydrogen-bond acceptors (Lipinski definition) is 7. The van der Waals surface area contributed by atoms with Crippen molar-refractivity contribution in [1.82, 2.24) is 25.0 Å². The molecule has 2 aromatic heterocycles. The van der Waals surface area contributed by atoms with Gasteiger partial charge in [0, 0.05) is 49.3 Å². The normalized spacial score (nSPS) is 18.7. The monoisotopic (exact) mass is 356 g/mol. The molecule has 7 nitrogen and oxygen atoms in total. The highest BCUT2D eigenvalue weighted by molar-refractivity contribution is 5.49. The van der Waals surface area contributed by atoms with Crippen molar-refractivity contribution >= 4 is 5.82 Å². The Labute approximate surface area is 154 Å². The Bertz CT molecular complexity index is 774. The van der Waals surface area contributed by atoms with Crippen LogP contribution in [0.4, 0.5) is 5.82 Å². The van der Waals surface area contributed by atoms with Gasteiger partial charge in [-0.25, -0.2) is 9.97 Å². The second-order valence-corrected chi connectivity index (χ2v) is 7.85. The third-order valence-corrected chi connectivity index (χ3v) is 5.35. The number of anilines is 1. The fourth-order valence-electron chi connectivity index (χ4n) is 3.34. The summed E-state index contributed by atoms with van der Waals surface area (Å²) in [7, 11) is 0. The largest absolute Gasteiger partial charge is 0.354 e. The molecule has 7 heteroatoms. The van der Waals surface area contributed by atoms with Gasteiger partial charge in [-0.1, -0.05) is 19.0 Å². The van der Waals surface area contributed by atoms with Crippen molar-refractivity contribution in [2.24, 2.45) is 0 Å². The molecule has 1 saturated heterocycles. The summed E-state index contributed by atoms with van der Waals surface area (Å²) in [5.74, 6) is 4.55. The molecule has 1 aliphatic heterocycles.